The average molecular weight is 376 g/mol. The second-order valence-corrected chi connectivity index (χ2v) is 8.62. The molecule has 2 aliphatic rings. The number of sulfone groups is 1. The molecule has 1 aromatic heterocycles. The van der Waals surface area contributed by atoms with Gasteiger partial charge >= 0.3 is 0 Å². The molecule has 26 heavy (non-hydrogen) atoms. The van der Waals surface area contributed by atoms with E-state index in [2.05, 4.69) is 15.3 Å². The maximum absolute atomic E-state index is 11.7. The lowest BCUT2D eigenvalue weighted by Crippen LogP contribution is -2.33. The molecule has 4 rings (SSSR count). The number of hydrogen-bond donors (Lipinski definition) is 1. The van der Waals surface area contributed by atoms with Gasteiger partial charge in [0.1, 0.15) is 19.0 Å². The summed E-state index contributed by atoms with van der Waals surface area (Å²) in [4.78, 5) is 10.6. The maximum atomic E-state index is 11.7. The molecule has 1 N–H and O–H groups in total. The molecule has 8 nitrogen and oxygen atoms in total. The third kappa shape index (κ3) is 3.52. The minimum Gasteiger partial charge on any atom is -0.486 e. The van der Waals surface area contributed by atoms with E-state index >= 15 is 0 Å². The molecule has 1 aromatic carbocycles. The summed E-state index contributed by atoms with van der Waals surface area (Å²) < 4.78 is 34.5. The van der Waals surface area contributed by atoms with Gasteiger partial charge in [0.05, 0.1) is 11.5 Å². The lowest BCUT2D eigenvalue weighted by molar-refractivity contribution is 0.171. The molecule has 3 heterocycles. The first kappa shape index (κ1) is 16.9. The molecule has 1 atom stereocenters. The molecule has 1 fully saturated rings. The number of anilines is 3. The zero-order chi connectivity index (χ0) is 18.1. The van der Waals surface area contributed by atoms with Gasteiger partial charge in [-0.05, 0) is 24.6 Å². The van der Waals surface area contributed by atoms with Crippen LogP contribution in [0.3, 0.4) is 0 Å². The number of aromatic nitrogens is 2. The minimum absolute atomic E-state index is 0.0930. The number of nitrogens with zero attached hydrogens (tertiary/aromatic N) is 3. The Balaban J connectivity index is 1.51. The number of nitrogens with one attached hydrogen (secondary N) is 1. The van der Waals surface area contributed by atoms with Crippen LogP contribution in [0.2, 0.25) is 0 Å². The normalized spacial score (nSPS) is 20.6. The van der Waals surface area contributed by atoms with Crippen LogP contribution in [0.4, 0.5) is 17.5 Å². The third-order valence-corrected chi connectivity index (χ3v) is 6.28. The Morgan fingerprint density at radius 1 is 1.19 bits per heavy atom. The molecule has 0 radical (unpaired) electrons. The second kappa shape index (κ2) is 6.64. The van der Waals surface area contributed by atoms with Crippen LogP contribution in [0.25, 0.3) is 0 Å². The van der Waals surface area contributed by atoms with Gasteiger partial charge in [0.2, 0.25) is 5.95 Å². The van der Waals surface area contributed by atoms with Crippen molar-refractivity contribution in [2.45, 2.75) is 12.5 Å². The number of benzene rings is 1. The summed E-state index contributed by atoms with van der Waals surface area (Å²) in [6.07, 6.45) is 2.25. The highest BCUT2D eigenvalue weighted by atomic mass is 32.2. The molecule has 0 aliphatic carbocycles. The summed E-state index contributed by atoms with van der Waals surface area (Å²) in [5.74, 6) is 2.91. The highest BCUT2D eigenvalue weighted by molar-refractivity contribution is 7.91. The van der Waals surface area contributed by atoms with Crippen molar-refractivity contribution in [3.05, 3.63) is 30.5 Å². The monoisotopic (exact) mass is 376 g/mol. The van der Waals surface area contributed by atoms with E-state index in [0.29, 0.717) is 37.2 Å². The first-order valence-corrected chi connectivity index (χ1v) is 10.3. The van der Waals surface area contributed by atoms with Crippen molar-refractivity contribution >= 4 is 27.3 Å². The Labute approximate surface area is 152 Å². The fourth-order valence-electron chi connectivity index (χ4n) is 3.10. The van der Waals surface area contributed by atoms with Crippen LogP contribution in [-0.4, -0.2) is 56.2 Å². The van der Waals surface area contributed by atoms with Crippen molar-refractivity contribution < 1.29 is 17.9 Å². The predicted molar refractivity (Wildman–Crippen MR) is 98.2 cm³/mol. The minimum atomic E-state index is -2.95. The van der Waals surface area contributed by atoms with Gasteiger partial charge in [-0.3, -0.25) is 0 Å². The van der Waals surface area contributed by atoms with Crippen molar-refractivity contribution in [2.24, 2.45) is 0 Å². The van der Waals surface area contributed by atoms with Crippen molar-refractivity contribution in [2.75, 3.05) is 42.0 Å². The molecule has 1 saturated heterocycles. The lowest BCUT2D eigenvalue weighted by Gasteiger charge is -2.23. The van der Waals surface area contributed by atoms with E-state index in [1.54, 1.807) is 12.3 Å². The number of hydrogen-bond acceptors (Lipinski definition) is 8. The Hall–Kier alpha value is -2.55. The van der Waals surface area contributed by atoms with Gasteiger partial charge in [-0.25, -0.2) is 13.4 Å². The molecule has 0 saturated carbocycles. The standard InChI is InChI=1S/C17H20N4O4S/c1-21(13-5-9-26(22,23)11-13)17-18-6-4-16(20-17)19-12-2-3-14-15(10-12)25-8-7-24-14/h2-4,6,10,13H,5,7-9,11H2,1H3,(H,18,19,20). The fourth-order valence-corrected chi connectivity index (χ4v) is 4.88. The van der Waals surface area contributed by atoms with Crippen LogP contribution in [-0.2, 0) is 9.84 Å². The van der Waals surface area contributed by atoms with Crippen molar-refractivity contribution in [1.29, 1.82) is 0 Å². The number of ether oxygens (including phenoxy) is 2. The second-order valence-electron chi connectivity index (χ2n) is 6.39. The van der Waals surface area contributed by atoms with Gasteiger partial charge < -0.3 is 19.7 Å². The Bertz CT molecular complexity index is 919. The van der Waals surface area contributed by atoms with Gasteiger partial charge in [-0.15, -0.1) is 0 Å². The van der Waals surface area contributed by atoms with E-state index in [9.17, 15) is 8.42 Å². The highest BCUT2D eigenvalue weighted by Gasteiger charge is 2.31. The van der Waals surface area contributed by atoms with Crippen LogP contribution in [0.1, 0.15) is 6.42 Å². The van der Waals surface area contributed by atoms with E-state index in [1.807, 2.05) is 30.1 Å². The summed E-state index contributed by atoms with van der Waals surface area (Å²) >= 11 is 0. The van der Waals surface area contributed by atoms with Gasteiger partial charge in [0.15, 0.2) is 21.3 Å². The first-order chi connectivity index (χ1) is 12.5. The molecule has 0 spiro atoms. The zero-order valence-electron chi connectivity index (χ0n) is 14.4. The Morgan fingerprint density at radius 2 is 2.00 bits per heavy atom. The van der Waals surface area contributed by atoms with E-state index in [1.165, 1.54) is 0 Å². The van der Waals surface area contributed by atoms with Gasteiger partial charge in [0.25, 0.3) is 0 Å². The van der Waals surface area contributed by atoms with Crippen LogP contribution in [0.15, 0.2) is 30.5 Å². The van der Waals surface area contributed by atoms with Crippen molar-refractivity contribution in [3.63, 3.8) is 0 Å². The molecular formula is C17H20N4O4S. The van der Waals surface area contributed by atoms with Gasteiger partial charge in [-0.2, -0.15) is 4.98 Å². The van der Waals surface area contributed by atoms with Crippen LogP contribution < -0.4 is 19.7 Å². The fraction of sp³-hybridized carbons (Fsp3) is 0.412. The van der Waals surface area contributed by atoms with Crippen LogP contribution >= 0.6 is 0 Å². The topological polar surface area (TPSA) is 93.7 Å². The Kier molecular flexibility index (Phi) is 4.31. The summed E-state index contributed by atoms with van der Waals surface area (Å²) in [5.41, 5.74) is 0.824. The predicted octanol–water partition coefficient (Wildman–Crippen LogP) is 1.61. The largest absolute Gasteiger partial charge is 0.486 e. The summed E-state index contributed by atoms with van der Waals surface area (Å²) in [7, 11) is -1.13. The van der Waals surface area contributed by atoms with Gasteiger partial charge in [-0.1, -0.05) is 0 Å². The van der Waals surface area contributed by atoms with Crippen molar-refractivity contribution in [1.82, 2.24) is 9.97 Å². The van der Waals surface area contributed by atoms with Crippen molar-refractivity contribution in [3.8, 4) is 11.5 Å². The van der Waals surface area contributed by atoms with E-state index < -0.39 is 9.84 Å². The molecule has 0 bridgehead atoms. The number of rotatable bonds is 4. The summed E-state index contributed by atoms with van der Waals surface area (Å²) in [6, 6.07) is 7.28. The molecule has 2 aliphatic heterocycles. The highest BCUT2D eigenvalue weighted by Crippen LogP contribution is 2.33. The summed E-state index contributed by atoms with van der Waals surface area (Å²) in [6.45, 7) is 1.08. The maximum Gasteiger partial charge on any atom is 0.227 e. The van der Waals surface area contributed by atoms with Crippen LogP contribution in [0, 0.1) is 0 Å². The Morgan fingerprint density at radius 3 is 2.77 bits per heavy atom. The van der Waals surface area contributed by atoms with E-state index in [-0.39, 0.29) is 17.5 Å². The molecule has 2 aromatic rings. The molecule has 0 amide bonds. The molecule has 1 unspecified atom stereocenters. The quantitative estimate of drug-likeness (QED) is 0.860. The first-order valence-electron chi connectivity index (χ1n) is 8.43. The zero-order valence-corrected chi connectivity index (χ0v) is 15.2. The summed E-state index contributed by atoms with van der Waals surface area (Å²) in [5, 5.41) is 3.22. The smallest absolute Gasteiger partial charge is 0.227 e. The molecular weight excluding hydrogens is 356 g/mol. The van der Waals surface area contributed by atoms with Crippen LogP contribution in [0.5, 0.6) is 11.5 Å². The third-order valence-electron chi connectivity index (χ3n) is 4.53. The molecule has 138 valence electrons. The number of fused-ring (bicyclic) bond motifs is 1. The lowest BCUT2D eigenvalue weighted by atomic mass is 10.2. The SMILES string of the molecule is CN(c1nccc(Nc2ccc3c(c2)OCCO3)n1)C1CCS(=O)(=O)C1. The van der Waals surface area contributed by atoms with Gasteiger partial charge in [0, 0.05) is 31.0 Å². The average Bonchev–Trinajstić information content (AvgIpc) is 3.01. The molecule has 9 heteroatoms. The van der Waals surface area contributed by atoms with E-state index in [4.69, 9.17) is 9.47 Å². The van der Waals surface area contributed by atoms with E-state index in [0.717, 1.165) is 11.4 Å².